The lowest BCUT2D eigenvalue weighted by molar-refractivity contribution is 0.316. The second-order valence-electron chi connectivity index (χ2n) is 4.64. The number of nitrogens with two attached hydrogens (primary N) is 1. The van der Waals surface area contributed by atoms with Crippen LogP contribution in [0.4, 0.5) is 4.39 Å². The van der Waals surface area contributed by atoms with Crippen LogP contribution in [0.5, 0.6) is 0 Å². The van der Waals surface area contributed by atoms with E-state index in [4.69, 9.17) is 5.73 Å². The average molecular weight is 272 g/mol. The summed E-state index contributed by atoms with van der Waals surface area (Å²) in [7, 11) is -3.35. The Bertz CT molecular complexity index is 501. The lowest BCUT2D eigenvalue weighted by atomic mass is 10.1. The first-order valence-corrected chi connectivity index (χ1v) is 7.56. The monoisotopic (exact) mass is 272 g/mol. The molecule has 18 heavy (non-hydrogen) atoms. The summed E-state index contributed by atoms with van der Waals surface area (Å²) in [6.45, 7) is 0.904. The molecule has 1 unspecified atom stereocenters. The summed E-state index contributed by atoms with van der Waals surface area (Å²) in [4.78, 5) is 0. The maximum atomic E-state index is 12.7. The van der Waals surface area contributed by atoms with E-state index in [2.05, 4.69) is 0 Å². The Balaban J connectivity index is 2.09. The zero-order chi connectivity index (χ0) is 13.2. The molecule has 1 aromatic rings. The first-order valence-electron chi connectivity index (χ1n) is 5.95. The van der Waals surface area contributed by atoms with E-state index < -0.39 is 10.0 Å². The Hall–Kier alpha value is -0.980. The highest BCUT2D eigenvalue weighted by molar-refractivity contribution is 7.88. The summed E-state index contributed by atoms with van der Waals surface area (Å²) < 4.78 is 38.5. The van der Waals surface area contributed by atoms with Gasteiger partial charge in [0, 0.05) is 19.1 Å². The fraction of sp³-hybridized carbons (Fsp3) is 0.500. The van der Waals surface area contributed by atoms with Gasteiger partial charge in [0.15, 0.2) is 0 Å². The molecule has 0 saturated carbocycles. The summed E-state index contributed by atoms with van der Waals surface area (Å²) in [6.07, 6.45) is 1.66. The topological polar surface area (TPSA) is 63.4 Å². The minimum absolute atomic E-state index is 0.0817. The van der Waals surface area contributed by atoms with Gasteiger partial charge in [0.05, 0.1) is 5.75 Å². The van der Waals surface area contributed by atoms with Gasteiger partial charge in [-0.15, -0.1) is 0 Å². The van der Waals surface area contributed by atoms with Crippen LogP contribution in [-0.4, -0.2) is 31.9 Å². The number of halogens is 1. The van der Waals surface area contributed by atoms with Gasteiger partial charge in [-0.3, -0.25) is 0 Å². The molecule has 1 atom stereocenters. The molecule has 1 aliphatic rings. The number of benzene rings is 1. The van der Waals surface area contributed by atoms with E-state index in [9.17, 15) is 12.8 Å². The second kappa shape index (κ2) is 5.34. The van der Waals surface area contributed by atoms with E-state index in [0.717, 1.165) is 12.8 Å². The standard InChI is InChI=1S/C12H17FN2O2S/c13-11-5-3-10(4-6-11)9-18(16,17)15-7-1-2-12(14)8-15/h3-6,12H,1-2,7-9,14H2. The molecule has 2 N–H and O–H groups in total. The van der Waals surface area contributed by atoms with Crippen molar-refractivity contribution in [2.45, 2.75) is 24.6 Å². The molecule has 0 spiro atoms. The second-order valence-corrected chi connectivity index (χ2v) is 6.61. The predicted octanol–water partition coefficient (Wildman–Crippen LogP) is 1.08. The van der Waals surface area contributed by atoms with Crippen LogP contribution in [0.3, 0.4) is 0 Å². The van der Waals surface area contributed by atoms with Gasteiger partial charge in [-0.2, -0.15) is 0 Å². The van der Waals surface area contributed by atoms with E-state index in [1.165, 1.54) is 28.6 Å². The molecule has 0 aromatic heterocycles. The third kappa shape index (κ3) is 3.28. The van der Waals surface area contributed by atoms with Crippen molar-refractivity contribution in [3.8, 4) is 0 Å². The third-order valence-electron chi connectivity index (χ3n) is 3.08. The molecule has 1 fully saturated rings. The van der Waals surface area contributed by atoms with Crippen molar-refractivity contribution >= 4 is 10.0 Å². The molecule has 0 bridgehead atoms. The molecule has 1 saturated heterocycles. The van der Waals surface area contributed by atoms with Crippen molar-refractivity contribution < 1.29 is 12.8 Å². The summed E-state index contributed by atoms with van der Waals surface area (Å²) in [5.74, 6) is -0.462. The largest absolute Gasteiger partial charge is 0.327 e. The van der Waals surface area contributed by atoms with Gasteiger partial charge in [0.2, 0.25) is 10.0 Å². The van der Waals surface area contributed by atoms with Crippen molar-refractivity contribution in [2.75, 3.05) is 13.1 Å². The predicted molar refractivity (Wildman–Crippen MR) is 67.8 cm³/mol. The quantitative estimate of drug-likeness (QED) is 0.895. The number of hydrogen-bond acceptors (Lipinski definition) is 3. The van der Waals surface area contributed by atoms with E-state index in [1.807, 2.05) is 0 Å². The molecule has 100 valence electrons. The summed E-state index contributed by atoms with van der Waals surface area (Å²) >= 11 is 0. The maximum absolute atomic E-state index is 12.7. The fourth-order valence-corrected chi connectivity index (χ4v) is 3.73. The van der Waals surface area contributed by atoms with Crippen molar-refractivity contribution in [1.29, 1.82) is 0 Å². The Kier molecular flexibility index (Phi) is 3.99. The van der Waals surface area contributed by atoms with Crippen LogP contribution in [0.1, 0.15) is 18.4 Å². The number of sulfonamides is 1. The lowest BCUT2D eigenvalue weighted by Gasteiger charge is -2.29. The van der Waals surface area contributed by atoms with Gasteiger partial charge in [-0.05, 0) is 30.5 Å². The van der Waals surface area contributed by atoms with Crippen LogP contribution < -0.4 is 5.73 Å². The number of nitrogens with zero attached hydrogens (tertiary/aromatic N) is 1. The number of hydrogen-bond donors (Lipinski definition) is 1. The molecule has 6 heteroatoms. The van der Waals surface area contributed by atoms with Crippen LogP contribution in [0.2, 0.25) is 0 Å². The lowest BCUT2D eigenvalue weighted by Crippen LogP contribution is -2.46. The number of rotatable bonds is 3. The molecule has 0 amide bonds. The average Bonchev–Trinajstić information content (AvgIpc) is 2.32. The highest BCUT2D eigenvalue weighted by Crippen LogP contribution is 2.17. The highest BCUT2D eigenvalue weighted by Gasteiger charge is 2.27. The van der Waals surface area contributed by atoms with Crippen LogP contribution in [0, 0.1) is 5.82 Å². The molecule has 4 nitrogen and oxygen atoms in total. The molecule has 1 aromatic carbocycles. The summed E-state index contributed by atoms with van der Waals surface area (Å²) in [6, 6.07) is 5.45. The minimum atomic E-state index is -3.35. The first-order chi connectivity index (χ1) is 8.47. The van der Waals surface area contributed by atoms with E-state index in [-0.39, 0.29) is 17.6 Å². The van der Waals surface area contributed by atoms with Gasteiger partial charge in [0.25, 0.3) is 0 Å². The maximum Gasteiger partial charge on any atom is 0.218 e. The van der Waals surface area contributed by atoms with E-state index >= 15 is 0 Å². The van der Waals surface area contributed by atoms with Crippen molar-refractivity contribution in [1.82, 2.24) is 4.31 Å². The first kappa shape index (κ1) is 13.5. The molecule has 2 rings (SSSR count). The molecule has 1 aliphatic heterocycles. The van der Waals surface area contributed by atoms with Crippen LogP contribution in [0.25, 0.3) is 0 Å². The third-order valence-corrected chi connectivity index (χ3v) is 4.89. The van der Waals surface area contributed by atoms with Gasteiger partial charge in [-0.1, -0.05) is 12.1 Å². The Morgan fingerprint density at radius 1 is 1.33 bits per heavy atom. The summed E-state index contributed by atoms with van der Waals surface area (Å²) in [5.41, 5.74) is 6.37. The van der Waals surface area contributed by atoms with E-state index in [1.54, 1.807) is 0 Å². The SMILES string of the molecule is NC1CCCN(S(=O)(=O)Cc2ccc(F)cc2)C1. The van der Waals surface area contributed by atoms with Crippen molar-refractivity contribution in [3.05, 3.63) is 35.6 Å². The summed E-state index contributed by atoms with van der Waals surface area (Å²) in [5, 5.41) is 0. The highest BCUT2D eigenvalue weighted by atomic mass is 32.2. The number of piperidine rings is 1. The molecule has 0 aliphatic carbocycles. The molecule has 0 radical (unpaired) electrons. The van der Waals surface area contributed by atoms with Gasteiger partial charge >= 0.3 is 0 Å². The van der Waals surface area contributed by atoms with Crippen molar-refractivity contribution in [2.24, 2.45) is 5.73 Å². The molecule has 1 heterocycles. The Morgan fingerprint density at radius 2 is 2.00 bits per heavy atom. The van der Waals surface area contributed by atoms with E-state index in [0.29, 0.717) is 18.7 Å². The zero-order valence-electron chi connectivity index (χ0n) is 10.0. The van der Waals surface area contributed by atoms with Crippen LogP contribution >= 0.6 is 0 Å². The zero-order valence-corrected chi connectivity index (χ0v) is 10.9. The van der Waals surface area contributed by atoms with Gasteiger partial charge in [-0.25, -0.2) is 17.1 Å². The minimum Gasteiger partial charge on any atom is -0.327 e. The molecular formula is C12H17FN2O2S. The van der Waals surface area contributed by atoms with Gasteiger partial charge in [0.1, 0.15) is 5.82 Å². The van der Waals surface area contributed by atoms with Crippen LogP contribution in [0.15, 0.2) is 24.3 Å². The van der Waals surface area contributed by atoms with Crippen LogP contribution in [-0.2, 0) is 15.8 Å². The van der Waals surface area contributed by atoms with Gasteiger partial charge < -0.3 is 5.73 Å². The smallest absolute Gasteiger partial charge is 0.218 e. The molecular weight excluding hydrogens is 255 g/mol. The fourth-order valence-electron chi connectivity index (χ4n) is 2.11. The Labute approximate surface area is 107 Å². The normalized spacial score (nSPS) is 22.0. The van der Waals surface area contributed by atoms with Crippen molar-refractivity contribution in [3.63, 3.8) is 0 Å². The Morgan fingerprint density at radius 3 is 2.61 bits per heavy atom.